The minimum atomic E-state index is -3.43. The fourth-order valence-corrected chi connectivity index (χ4v) is 3.44. The number of sulfonamides is 1. The summed E-state index contributed by atoms with van der Waals surface area (Å²) in [5.41, 5.74) is 3.01. The van der Waals surface area contributed by atoms with Gasteiger partial charge in [-0.2, -0.15) is 0 Å². The quantitative estimate of drug-likeness (QED) is 0.595. The Bertz CT molecular complexity index is 1010. The van der Waals surface area contributed by atoms with Crippen LogP contribution in [0.4, 0.5) is 0 Å². The van der Waals surface area contributed by atoms with Gasteiger partial charge >= 0.3 is 0 Å². The van der Waals surface area contributed by atoms with Gasteiger partial charge in [0, 0.05) is 24.7 Å². The molecule has 0 atom stereocenters. The van der Waals surface area contributed by atoms with Crippen molar-refractivity contribution in [1.29, 1.82) is 0 Å². The van der Waals surface area contributed by atoms with Gasteiger partial charge in [-0.25, -0.2) is 13.1 Å². The van der Waals surface area contributed by atoms with Crippen molar-refractivity contribution in [2.24, 2.45) is 0 Å². The number of rotatable bonds is 7. The number of nitrogens with one attached hydrogen (secondary N) is 3. The maximum absolute atomic E-state index is 12.1. The first kappa shape index (κ1) is 18.2. The number of fused-ring (bicyclic) bond motifs is 1. The van der Waals surface area contributed by atoms with Crippen molar-refractivity contribution in [1.82, 2.24) is 15.0 Å². The Balaban J connectivity index is 1.50. The van der Waals surface area contributed by atoms with Gasteiger partial charge in [0.1, 0.15) is 0 Å². The number of hydrogen-bond donors (Lipinski definition) is 3. The monoisotopic (exact) mass is 371 g/mol. The molecule has 1 amide bonds. The average molecular weight is 371 g/mol. The van der Waals surface area contributed by atoms with Gasteiger partial charge in [0.05, 0.1) is 4.90 Å². The van der Waals surface area contributed by atoms with E-state index >= 15 is 0 Å². The summed E-state index contributed by atoms with van der Waals surface area (Å²) in [6.45, 7) is 0.479. The molecule has 0 bridgehead atoms. The largest absolute Gasteiger partial charge is 0.361 e. The predicted octanol–water partition coefficient (Wildman–Crippen LogP) is 2.33. The fourth-order valence-electron chi connectivity index (χ4n) is 2.70. The lowest BCUT2D eigenvalue weighted by Crippen LogP contribution is -2.23. The van der Waals surface area contributed by atoms with Gasteiger partial charge in [-0.15, -0.1) is 0 Å². The van der Waals surface area contributed by atoms with Crippen LogP contribution in [-0.2, 0) is 27.8 Å². The highest BCUT2D eigenvalue weighted by Gasteiger charge is 2.10. The number of H-pyrrole nitrogens is 1. The number of aromatic amines is 1. The van der Waals surface area contributed by atoms with Crippen LogP contribution in [0.15, 0.2) is 59.6 Å². The summed E-state index contributed by atoms with van der Waals surface area (Å²) in [4.78, 5) is 15.4. The number of carbonyl (C=O) groups is 1. The minimum absolute atomic E-state index is 0.0384. The van der Waals surface area contributed by atoms with Crippen molar-refractivity contribution in [2.45, 2.75) is 24.3 Å². The van der Waals surface area contributed by atoms with E-state index in [1.54, 1.807) is 24.3 Å². The van der Waals surface area contributed by atoms with Crippen LogP contribution in [0.25, 0.3) is 10.9 Å². The molecule has 7 heteroatoms. The van der Waals surface area contributed by atoms with Gasteiger partial charge in [0.2, 0.25) is 15.9 Å². The molecule has 1 aromatic heterocycles. The SMILES string of the molecule is CNS(=O)(=O)c1ccc(CCC(=O)NCc2ccc3cc[nH]c3c2)cc1. The second-order valence-corrected chi connectivity index (χ2v) is 7.91. The lowest BCUT2D eigenvalue weighted by atomic mass is 10.1. The molecule has 0 unspecified atom stereocenters. The molecule has 0 aliphatic carbocycles. The molecule has 3 aromatic rings. The zero-order valence-corrected chi connectivity index (χ0v) is 15.3. The van der Waals surface area contributed by atoms with E-state index in [-0.39, 0.29) is 10.8 Å². The Morgan fingerprint density at radius 3 is 2.50 bits per heavy atom. The maximum atomic E-state index is 12.1. The van der Waals surface area contributed by atoms with E-state index in [4.69, 9.17) is 0 Å². The molecule has 2 aromatic carbocycles. The Labute approximate surface area is 152 Å². The third-order valence-corrected chi connectivity index (χ3v) is 5.68. The average Bonchev–Trinajstić information content (AvgIpc) is 3.13. The third-order valence-electron chi connectivity index (χ3n) is 4.25. The van der Waals surface area contributed by atoms with Gasteiger partial charge in [0.25, 0.3) is 0 Å². The molecule has 3 rings (SSSR count). The molecular formula is C19H21N3O3S. The molecule has 0 saturated heterocycles. The Morgan fingerprint density at radius 1 is 1.04 bits per heavy atom. The summed E-state index contributed by atoms with van der Waals surface area (Å²) >= 11 is 0. The lowest BCUT2D eigenvalue weighted by Gasteiger charge is -2.07. The molecule has 0 fully saturated rings. The summed E-state index contributed by atoms with van der Waals surface area (Å²) in [6, 6.07) is 14.6. The molecule has 136 valence electrons. The topological polar surface area (TPSA) is 91.1 Å². The van der Waals surface area contributed by atoms with Gasteiger partial charge in [0.15, 0.2) is 0 Å². The molecule has 0 aliphatic rings. The summed E-state index contributed by atoms with van der Waals surface area (Å²) in [5, 5.41) is 4.05. The summed E-state index contributed by atoms with van der Waals surface area (Å²) in [5.74, 6) is -0.0384. The van der Waals surface area contributed by atoms with Crippen molar-refractivity contribution >= 4 is 26.8 Å². The van der Waals surface area contributed by atoms with E-state index in [1.807, 2.05) is 30.5 Å². The first-order valence-electron chi connectivity index (χ1n) is 8.33. The smallest absolute Gasteiger partial charge is 0.240 e. The first-order valence-corrected chi connectivity index (χ1v) is 9.81. The zero-order valence-electron chi connectivity index (χ0n) is 14.5. The number of aryl methyl sites for hydroxylation is 1. The molecule has 0 spiro atoms. The highest BCUT2D eigenvalue weighted by molar-refractivity contribution is 7.89. The second kappa shape index (κ2) is 7.72. The van der Waals surface area contributed by atoms with Crippen LogP contribution in [0.1, 0.15) is 17.5 Å². The van der Waals surface area contributed by atoms with Crippen molar-refractivity contribution in [3.63, 3.8) is 0 Å². The first-order chi connectivity index (χ1) is 12.5. The van der Waals surface area contributed by atoms with Gasteiger partial charge in [-0.1, -0.05) is 24.3 Å². The second-order valence-electron chi connectivity index (χ2n) is 6.03. The number of carbonyl (C=O) groups excluding carboxylic acids is 1. The van der Waals surface area contributed by atoms with Crippen LogP contribution in [-0.4, -0.2) is 26.4 Å². The van der Waals surface area contributed by atoms with E-state index in [0.717, 1.165) is 22.0 Å². The van der Waals surface area contributed by atoms with E-state index in [2.05, 4.69) is 15.0 Å². The lowest BCUT2D eigenvalue weighted by molar-refractivity contribution is -0.121. The predicted molar refractivity (Wildman–Crippen MR) is 101 cm³/mol. The Morgan fingerprint density at radius 2 is 1.77 bits per heavy atom. The van der Waals surface area contributed by atoms with E-state index in [0.29, 0.717) is 19.4 Å². The highest BCUT2D eigenvalue weighted by Crippen LogP contribution is 2.14. The van der Waals surface area contributed by atoms with E-state index in [9.17, 15) is 13.2 Å². The summed E-state index contributed by atoms with van der Waals surface area (Å²) < 4.78 is 25.6. The number of benzene rings is 2. The van der Waals surface area contributed by atoms with Crippen molar-refractivity contribution < 1.29 is 13.2 Å². The minimum Gasteiger partial charge on any atom is -0.361 e. The summed E-state index contributed by atoms with van der Waals surface area (Å²) in [6.07, 6.45) is 2.80. The molecule has 6 nitrogen and oxygen atoms in total. The fraction of sp³-hybridized carbons (Fsp3) is 0.211. The van der Waals surface area contributed by atoms with Crippen LogP contribution in [0.5, 0.6) is 0 Å². The van der Waals surface area contributed by atoms with Crippen LogP contribution in [0, 0.1) is 0 Å². The standard InChI is InChI=1S/C19H21N3O3S/c1-20-26(24,25)17-7-3-14(4-8-17)5-9-19(23)22-13-15-2-6-16-10-11-21-18(16)12-15/h2-4,6-8,10-12,20-21H,5,9,13H2,1H3,(H,22,23). The van der Waals surface area contributed by atoms with Crippen molar-refractivity contribution in [3.8, 4) is 0 Å². The summed E-state index contributed by atoms with van der Waals surface area (Å²) in [7, 11) is -2.05. The maximum Gasteiger partial charge on any atom is 0.240 e. The molecule has 0 radical (unpaired) electrons. The van der Waals surface area contributed by atoms with Gasteiger partial charge in [-0.05, 0) is 54.2 Å². The number of hydrogen-bond acceptors (Lipinski definition) is 3. The van der Waals surface area contributed by atoms with Crippen LogP contribution in [0.2, 0.25) is 0 Å². The van der Waals surface area contributed by atoms with Crippen molar-refractivity contribution in [2.75, 3.05) is 7.05 Å². The molecule has 0 aliphatic heterocycles. The van der Waals surface area contributed by atoms with Gasteiger partial charge in [-0.3, -0.25) is 4.79 Å². The normalized spacial score (nSPS) is 11.6. The Kier molecular flexibility index (Phi) is 5.39. The van der Waals surface area contributed by atoms with Crippen LogP contribution in [0.3, 0.4) is 0 Å². The van der Waals surface area contributed by atoms with Crippen LogP contribution >= 0.6 is 0 Å². The molecule has 0 saturated carbocycles. The molecular weight excluding hydrogens is 350 g/mol. The van der Waals surface area contributed by atoms with Crippen LogP contribution < -0.4 is 10.0 Å². The molecule has 26 heavy (non-hydrogen) atoms. The zero-order chi connectivity index (χ0) is 18.6. The number of amides is 1. The van der Waals surface area contributed by atoms with E-state index in [1.165, 1.54) is 7.05 Å². The molecule has 3 N–H and O–H groups in total. The Hall–Kier alpha value is -2.64. The number of aromatic nitrogens is 1. The van der Waals surface area contributed by atoms with E-state index < -0.39 is 10.0 Å². The van der Waals surface area contributed by atoms with Gasteiger partial charge < -0.3 is 10.3 Å². The highest BCUT2D eigenvalue weighted by atomic mass is 32.2. The third kappa shape index (κ3) is 4.30. The molecule has 1 heterocycles. The van der Waals surface area contributed by atoms with Crippen molar-refractivity contribution in [3.05, 3.63) is 65.9 Å².